The monoisotopic (exact) mass is 246 g/mol. The summed E-state index contributed by atoms with van der Waals surface area (Å²) in [5, 5.41) is 0.414. The third-order valence-corrected chi connectivity index (χ3v) is 2.93. The largest absolute Gasteiger partial charge is 0.416 e. The third-order valence-electron chi connectivity index (χ3n) is 1.92. The van der Waals surface area contributed by atoms with Crippen molar-refractivity contribution < 1.29 is 13.2 Å². The van der Waals surface area contributed by atoms with E-state index in [4.69, 9.17) is 0 Å². The van der Waals surface area contributed by atoms with Crippen molar-refractivity contribution in [2.75, 3.05) is 0 Å². The van der Waals surface area contributed by atoms with Gasteiger partial charge in [0, 0.05) is 10.1 Å². The Bertz CT molecular complexity index is 363. The molecule has 0 saturated heterocycles. The van der Waals surface area contributed by atoms with Crippen LogP contribution in [0.3, 0.4) is 0 Å². The van der Waals surface area contributed by atoms with Crippen molar-refractivity contribution in [2.24, 2.45) is 0 Å². The van der Waals surface area contributed by atoms with Crippen LogP contribution in [0.4, 0.5) is 13.2 Å². The highest BCUT2D eigenvalue weighted by Crippen LogP contribution is 2.33. The Hall–Kier alpha value is -0.900. The first-order valence-electron chi connectivity index (χ1n) is 4.84. The first-order valence-corrected chi connectivity index (χ1v) is 5.72. The number of alkyl halides is 3. The summed E-state index contributed by atoms with van der Waals surface area (Å²) in [4.78, 5) is 0.966. The number of allylic oxidation sites excluding steroid dienone is 1. The van der Waals surface area contributed by atoms with Crippen LogP contribution in [0.15, 0.2) is 35.7 Å². The van der Waals surface area contributed by atoms with Crippen molar-refractivity contribution in [1.82, 2.24) is 0 Å². The van der Waals surface area contributed by atoms with E-state index in [1.54, 1.807) is 23.9 Å². The lowest BCUT2D eigenvalue weighted by Crippen LogP contribution is -2.09. The van der Waals surface area contributed by atoms with Crippen molar-refractivity contribution in [3.63, 3.8) is 0 Å². The fourth-order valence-corrected chi connectivity index (χ4v) is 2.01. The molecular formula is C12H13F3S. The summed E-state index contributed by atoms with van der Waals surface area (Å²) in [5.74, 6) is 0. The van der Waals surface area contributed by atoms with E-state index < -0.39 is 11.7 Å². The molecule has 0 saturated carbocycles. The molecule has 88 valence electrons. The highest BCUT2D eigenvalue weighted by atomic mass is 32.2. The van der Waals surface area contributed by atoms with E-state index in [9.17, 15) is 13.2 Å². The minimum Gasteiger partial charge on any atom is -0.166 e. The maximum absolute atomic E-state index is 12.3. The van der Waals surface area contributed by atoms with Crippen molar-refractivity contribution in [3.8, 4) is 0 Å². The Labute approximate surface area is 97.6 Å². The van der Waals surface area contributed by atoms with Gasteiger partial charge in [0.25, 0.3) is 0 Å². The Balaban J connectivity index is 2.83. The van der Waals surface area contributed by atoms with E-state index in [0.29, 0.717) is 5.25 Å². The molecule has 0 fully saturated rings. The minimum absolute atomic E-state index is 0.126. The molecule has 0 amide bonds. The lowest BCUT2D eigenvalue weighted by molar-refractivity contribution is -0.0686. The third kappa shape index (κ3) is 3.59. The van der Waals surface area contributed by atoms with Crippen LogP contribution in [-0.4, -0.2) is 11.4 Å². The second kappa shape index (κ2) is 4.95. The molecule has 0 nitrogen and oxygen atoms in total. The second-order valence-electron chi connectivity index (χ2n) is 3.67. The van der Waals surface area contributed by atoms with Crippen LogP contribution >= 0.6 is 11.8 Å². The van der Waals surface area contributed by atoms with Gasteiger partial charge < -0.3 is 0 Å². The van der Waals surface area contributed by atoms with Crippen LogP contribution in [0.25, 0.3) is 5.57 Å². The van der Waals surface area contributed by atoms with Crippen LogP contribution in [0.1, 0.15) is 19.4 Å². The van der Waals surface area contributed by atoms with Crippen LogP contribution in [0.2, 0.25) is 0 Å². The van der Waals surface area contributed by atoms with Gasteiger partial charge in [-0.15, -0.1) is 11.8 Å². The molecule has 0 aliphatic rings. The van der Waals surface area contributed by atoms with Crippen LogP contribution in [0, 0.1) is 0 Å². The van der Waals surface area contributed by atoms with Crippen molar-refractivity contribution in [1.29, 1.82) is 0 Å². The molecule has 0 aromatic heterocycles. The average Bonchev–Trinajstić information content (AvgIpc) is 2.15. The second-order valence-corrected chi connectivity index (χ2v) is 5.32. The molecule has 1 rings (SSSR count). The van der Waals surface area contributed by atoms with E-state index in [-0.39, 0.29) is 5.56 Å². The Morgan fingerprint density at radius 3 is 2.06 bits per heavy atom. The molecule has 4 heteroatoms. The van der Waals surface area contributed by atoms with E-state index in [2.05, 4.69) is 6.58 Å². The minimum atomic E-state index is -4.35. The van der Waals surface area contributed by atoms with Gasteiger partial charge in [0.1, 0.15) is 0 Å². The molecule has 0 heterocycles. The Kier molecular flexibility index (Phi) is 4.08. The predicted molar refractivity (Wildman–Crippen MR) is 62.5 cm³/mol. The number of thioether (sulfide) groups is 1. The molecule has 1 aromatic carbocycles. The van der Waals surface area contributed by atoms with Gasteiger partial charge in [-0.2, -0.15) is 13.2 Å². The molecule has 0 spiro atoms. The van der Waals surface area contributed by atoms with E-state index in [1.165, 1.54) is 12.1 Å². The first kappa shape index (κ1) is 13.2. The van der Waals surface area contributed by atoms with Gasteiger partial charge in [-0.05, 0) is 17.7 Å². The molecule has 1 aromatic rings. The summed E-state index contributed by atoms with van der Waals surface area (Å²) >= 11 is 1.62. The van der Waals surface area contributed by atoms with Crippen LogP contribution in [0.5, 0.6) is 0 Å². The summed E-state index contributed by atoms with van der Waals surface area (Å²) < 4.78 is 37.0. The van der Waals surface area contributed by atoms with E-state index in [0.717, 1.165) is 4.90 Å². The quantitative estimate of drug-likeness (QED) is 0.693. The molecule has 0 atom stereocenters. The first-order chi connectivity index (χ1) is 7.30. The fraction of sp³-hybridized carbons (Fsp3) is 0.333. The van der Waals surface area contributed by atoms with Gasteiger partial charge in [-0.3, -0.25) is 0 Å². The van der Waals surface area contributed by atoms with Gasteiger partial charge >= 0.3 is 6.18 Å². The number of hydrogen-bond acceptors (Lipinski definition) is 1. The molecule has 16 heavy (non-hydrogen) atoms. The van der Waals surface area contributed by atoms with Gasteiger partial charge in [-0.1, -0.05) is 32.6 Å². The van der Waals surface area contributed by atoms with Gasteiger partial charge in [-0.25, -0.2) is 0 Å². The normalized spacial score (nSPS) is 11.9. The molecule has 0 N–H and O–H groups in total. The molecule has 0 aliphatic carbocycles. The zero-order valence-electron chi connectivity index (χ0n) is 9.14. The fourth-order valence-electron chi connectivity index (χ4n) is 1.17. The van der Waals surface area contributed by atoms with E-state index in [1.807, 2.05) is 13.8 Å². The van der Waals surface area contributed by atoms with Crippen LogP contribution < -0.4 is 0 Å². The smallest absolute Gasteiger partial charge is 0.166 e. The van der Waals surface area contributed by atoms with Gasteiger partial charge in [0.05, 0.1) is 5.57 Å². The zero-order valence-corrected chi connectivity index (χ0v) is 9.95. The molecule has 0 radical (unpaired) electrons. The number of hydrogen-bond donors (Lipinski definition) is 0. The Morgan fingerprint density at radius 2 is 1.69 bits per heavy atom. The van der Waals surface area contributed by atoms with Crippen LogP contribution in [-0.2, 0) is 0 Å². The van der Waals surface area contributed by atoms with Crippen molar-refractivity contribution in [3.05, 3.63) is 36.4 Å². The Morgan fingerprint density at radius 1 is 1.19 bits per heavy atom. The highest BCUT2D eigenvalue weighted by Gasteiger charge is 2.32. The summed E-state index contributed by atoms with van der Waals surface area (Å²) in [6, 6.07) is 6.30. The van der Waals surface area contributed by atoms with Gasteiger partial charge in [0.15, 0.2) is 0 Å². The molecule has 0 bridgehead atoms. The topological polar surface area (TPSA) is 0 Å². The highest BCUT2D eigenvalue weighted by molar-refractivity contribution is 7.99. The molecule has 0 aliphatic heterocycles. The molecular weight excluding hydrogens is 233 g/mol. The van der Waals surface area contributed by atoms with Gasteiger partial charge in [0.2, 0.25) is 0 Å². The standard InChI is InChI=1S/C12H13F3S/c1-8(2)16-11-6-4-10(5-7-11)9(3)12(13,14)15/h4-8H,3H2,1-2H3. The lowest BCUT2D eigenvalue weighted by Gasteiger charge is -2.11. The maximum atomic E-state index is 12.3. The average molecular weight is 246 g/mol. The summed E-state index contributed by atoms with van der Waals surface area (Å²) in [5.41, 5.74) is -0.672. The summed E-state index contributed by atoms with van der Waals surface area (Å²) in [6.45, 7) is 7.12. The maximum Gasteiger partial charge on any atom is 0.416 e. The lowest BCUT2D eigenvalue weighted by atomic mass is 10.1. The number of halogens is 3. The number of benzene rings is 1. The number of rotatable bonds is 3. The van der Waals surface area contributed by atoms with Crippen molar-refractivity contribution in [2.45, 2.75) is 30.2 Å². The summed E-state index contributed by atoms with van der Waals surface area (Å²) in [6.07, 6.45) is -4.35. The van der Waals surface area contributed by atoms with Crippen molar-refractivity contribution >= 4 is 17.3 Å². The SMILES string of the molecule is C=C(c1ccc(SC(C)C)cc1)C(F)(F)F. The summed E-state index contributed by atoms with van der Waals surface area (Å²) in [7, 11) is 0. The predicted octanol–water partition coefficient (Wildman–Crippen LogP) is 4.76. The zero-order chi connectivity index (χ0) is 12.3. The molecule has 0 unspecified atom stereocenters. The van der Waals surface area contributed by atoms with E-state index >= 15 is 0 Å².